The molecule has 0 spiro atoms. The molecule has 0 aliphatic carbocycles. The van der Waals surface area contributed by atoms with Crippen LogP contribution in [0.3, 0.4) is 0 Å². The minimum atomic E-state index is -3.10. The van der Waals surface area contributed by atoms with Crippen LogP contribution >= 0.6 is 12.4 Å². The van der Waals surface area contributed by atoms with Crippen molar-refractivity contribution < 1.29 is 27.8 Å². The molecule has 0 atom stereocenters. The second-order valence-electron chi connectivity index (χ2n) is 3.33. The Hall–Kier alpha value is -1.93. The number of hydrogen-bond donors (Lipinski definition) is 2. The monoisotopic (exact) mass is 310 g/mol. The number of halogens is 3. The normalized spacial score (nSPS) is 9.65. The van der Waals surface area contributed by atoms with Gasteiger partial charge in [-0.3, -0.25) is 4.79 Å². The molecule has 20 heavy (non-hydrogen) atoms. The van der Waals surface area contributed by atoms with E-state index in [1.165, 1.54) is 12.1 Å². The molecule has 0 saturated heterocycles. The van der Waals surface area contributed by atoms with E-state index in [2.05, 4.69) is 14.8 Å². The molecule has 0 fully saturated rings. The lowest BCUT2D eigenvalue weighted by Crippen LogP contribution is -2.22. The van der Waals surface area contributed by atoms with Crippen LogP contribution in [0.2, 0.25) is 0 Å². The third-order valence-electron chi connectivity index (χ3n) is 2.08. The van der Waals surface area contributed by atoms with Crippen molar-refractivity contribution in [2.45, 2.75) is 6.61 Å². The fourth-order valence-corrected chi connectivity index (χ4v) is 1.27. The lowest BCUT2D eigenvalue weighted by Gasteiger charge is -2.12. The molecule has 9 heteroatoms. The van der Waals surface area contributed by atoms with Crippen LogP contribution in [0, 0.1) is 0 Å². The van der Waals surface area contributed by atoms with E-state index in [0.29, 0.717) is 0 Å². The van der Waals surface area contributed by atoms with Gasteiger partial charge in [-0.1, -0.05) is 0 Å². The fourth-order valence-electron chi connectivity index (χ4n) is 1.27. The standard InChI is InChI=1S/C11H12F2N2O4.ClH/c1-18-10(17)6-2-3-7(15-9(16)5-14)8(4-6)19-11(12)13;/h2-4,11H,5,14H2,1H3,(H,15,16);1H. The number of methoxy groups -OCH3 is 1. The van der Waals surface area contributed by atoms with Gasteiger partial charge in [0.1, 0.15) is 5.75 Å². The Balaban J connectivity index is 0.00000361. The first-order valence-electron chi connectivity index (χ1n) is 5.15. The smallest absolute Gasteiger partial charge is 0.387 e. The van der Waals surface area contributed by atoms with Crippen LogP contribution in [0.4, 0.5) is 14.5 Å². The number of carbonyl (C=O) groups excluding carboxylic acids is 2. The summed E-state index contributed by atoms with van der Waals surface area (Å²) in [5, 5.41) is 2.28. The second kappa shape index (κ2) is 8.28. The predicted molar refractivity (Wildman–Crippen MR) is 69.3 cm³/mol. The zero-order chi connectivity index (χ0) is 14.4. The highest BCUT2D eigenvalue weighted by atomic mass is 35.5. The van der Waals surface area contributed by atoms with Crippen LogP contribution in [0.25, 0.3) is 0 Å². The molecule has 1 amide bonds. The van der Waals surface area contributed by atoms with Crippen molar-refractivity contribution in [2.75, 3.05) is 19.0 Å². The highest BCUT2D eigenvalue weighted by Crippen LogP contribution is 2.27. The van der Waals surface area contributed by atoms with Crippen molar-refractivity contribution in [1.29, 1.82) is 0 Å². The van der Waals surface area contributed by atoms with Crippen LogP contribution in [0.5, 0.6) is 5.75 Å². The Morgan fingerprint density at radius 2 is 2.05 bits per heavy atom. The summed E-state index contributed by atoms with van der Waals surface area (Å²) in [5.41, 5.74) is 5.10. The molecule has 0 heterocycles. The summed E-state index contributed by atoms with van der Waals surface area (Å²) >= 11 is 0. The van der Waals surface area contributed by atoms with Gasteiger partial charge in [0.2, 0.25) is 5.91 Å². The molecule has 0 saturated carbocycles. The van der Waals surface area contributed by atoms with Gasteiger partial charge in [-0.2, -0.15) is 8.78 Å². The molecule has 0 aromatic heterocycles. The van der Waals surface area contributed by atoms with Gasteiger partial charge in [-0.25, -0.2) is 4.79 Å². The van der Waals surface area contributed by atoms with Gasteiger partial charge in [0.15, 0.2) is 0 Å². The molecule has 1 rings (SSSR count). The average molecular weight is 311 g/mol. The Bertz CT molecular complexity index is 485. The molecule has 0 bridgehead atoms. The molecule has 0 aliphatic rings. The zero-order valence-electron chi connectivity index (χ0n) is 10.4. The average Bonchev–Trinajstić information content (AvgIpc) is 2.38. The maximum absolute atomic E-state index is 12.3. The number of rotatable bonds is 5. The van der Waals surface area contributed by atoms with Gasteiger partial charge in [0, 0.05) is 0 Å². The maximum atomic E-state index is 12.3. The molecule has 0 radical (unpaired) electrons. The third kappa shape index (κ3) is 4.98. The van der Waals surface area contributed by atoms with Crippen LogP contribution in [-0.2, 0) is 9.53 Å². The summed E-state index contributed by atoms with van der Waals surface area (Å²) in [6, 6.07) is 3.60. The van der Waals surface area contributed by atoms with Gasteiger partial charge in [0.05, 0.1) is 24.9 Å². The van der Waals surface area contributed by atoms with E-state index >= 15 is 0 Å². The van der Waals surface area contributed by atoms with Crippen LogP contribution in [0.1, 0.15) is 10.4 Å². The van der Waals surface area contributed by atoms with Crippen molar-refractivity contribution in [3.8, 4) is 5.75 Å². The summed E-state index contributed by atoms with van der Waals surface area (Å²) in [4.78, 5) is 22.4. The molecule has 1 aromatic carbocycles. The number of anilines is 1. The van der Waals surface area contributed by atoms with E-state index in [1.54, 1.807) is 0 Å². The number of hydrogen-bond acceptors (Lipinski definition) is 5. The Morgan fingerprint density at radius 3 is 2.55 bits per heavy atom. The quantitative estimate of drug-likeness (QED) is 0.802. The number of benzene rings is 1. The largest absolute Gasteiger partial charge is 0.465 e. The first-order chi connectivity index (χ1) is 8.97. The number of esters is 1. The number of carbonyl (C=O) groups is 2. The highest BCUT2D eigenvalue weighted by molar-refractivity contribution is 5.95. The molecule has 6 nitrogen and oxygen atoms in total. The SMILES string of the molecule is COC(=O)c1ccc(NC(=O)CN)c(OC(F)F)c1.Cl. The minimum absolute atomic E-state index is 0. The number of nitrogens with one attached hydrogen (secondary N) is 1. The van der Waals surface area contributed by atoms with Crippen molar-refractivity contribution in [3.63, 3.8) is 0 Å². The first-order valence-corrected chi connectivity index (χ1v) is 5.15. The van der Waals surface area contributed by atoms with E-state index < -0.39 is 18.5 Å². The molecular formula is C11H13ClF2N2O4. The molecular weight excluding hydrogens is 298 g/mol. The van der Waals surface area contributed by atoms with E-state index in [0.717, 1.165) is 13.2 Å². The number of ether oxygens (including phenoxy) is 2. The number of nitrogens with two attached hydrogens (primary N) is 1. The minimum Gasteiger partial charge on any atom is -0.465 e. The number of amides is 1. The third-order valence-corrected chi connectivity index (χ3v) is 2.08. The lowest BCUT2D eigenvalue weighted by molar-refractivity contribution is -0.115. The van der Waals surface area contributed by atoms with Crippen LogP contribution in [0.15, 0.2) is 18.2 Å². The first kappa shape index (κ1) is 18.1. The summed E-state index contributed by atoms with van der Waals surface area (Å²) in [6.07, 6.45) is 0. The lowest BCUT2D eigenvalue weighted by atomic mass is 10.2. The van der Waals surface area contributed by atoms with Gasteiger partial charge in [-0.05, 0) is 18.2 Å². The summed E-state index contributed by atoms with van der Waals surface area (Å²) in [5.74, 6) is -1.64. The van der Waals surface area contributed by atoms with E-state index in [-0.39, 0.29) is 36.0 Å². The Kier molecular flexibility index (Phi) is 7.48. The van der Waals surface area contributed by atoms with E-state index in [1.807, 2.05) is 0 Å². The topological polar surface area (TPSA) is 90.7 Å². The molecule has 112 valence electrons. The van der Waals surface area contributed by atoms with Crippen LogP contribution in [-0.4, -0.2) is 32.1 Å². The van der Waals surface area contributed by atoms with Gasteiger partial charge < -0.3 is 20.5 Å². The van der Waals surface area contributed by atoms with Gasteiger partial charge >= 0.3 is 12.6 Å². The summed E-state index contributed by atoms with van der Waals surface area (Å²) in [7, 11) is 1.15. The van der Waals surface area contributed by atoms with Crippen molar-refractivity contribution >= 4 is 30.0 Å². The van der Waals surface area contributed by atoms with Crippen LogP contribution < -0.4 is 15.8 Å². The molecule has 1 aromatic rings. The Labute approximate surface area is 119 Å². The fraction of sp³-hybridized carbons (Fsp3) is 0.273. The maximum Gasteiger partial charge on any atom is 0.387 e. The van der Waals surface area contributed by atoms with Crippen molar-refractivity contribution in [3.05, 3.63) is 23.8 Å². The molecule has 0 unspecified atom stereocenters. The highest BCUT2D eigenvalue weighted by Gasteiger charge is 2.15. The van der Waals surface area contributed by atoms with Crippen molar-refractivity contribution in [1.82, 2.24) is 0 Å². The Morgan fingerprint density at radius 1 is 1.40 bits per heavy atom. The van der Waals surface area contributed by atoms with Crippen molar-refractivity contribution in [2.24, 2.45) is 5.73 Å². The number of alkyl halides is 2. The predicted octanol–water partition coefficient (Wildman–Crippen LogP) is 1.39. The summed E-state index contributed by atoms with van der Waals surface area (Å²) in [6.45, 7) is -3.41. The molecule has 3 N–H and O–H groups in total. The second-order valence-corrected chi connectivity index (χ2v) is 3.33. The molecule has 0 aliphatic heterocycles. The van der Waals surface area contributed by atoms with E-state index in [4.69, 9.17) is 5.73 Å². The van der Waals surface area contributed by atoms with Gasteiger partial charge in [0.25, 0.3) is 0 Å². The summed E-state index contributed by atoms with van der Waals surface area (Å²) < 4.78 is 33.2. The zero-order valence-corrected chi connectivity index (χ0v) is 11.2. The van der Waals surface area contributed by atoms with E-state index in [9.17, 15) is 18.4 Å². The van der Waals surface area contributed by atoms with Gasteiger partial charge in [-0.15, -0.1) is 12.4 Å².